The van der Waals surface area contributed by atoms with Gasteiger partial charge < -0.3 is 14.5 Å². The number of hydrogen-bond acceptors (Lipinski definition) is 5. The fraction of sp³-hybridized carbons (Fsp3) is 0.560. The van der Waals surface area contributed by atoms with E-state index in [1.165, 1.54) is 0 Å². The number of rotatable bonds is 7. The van der Waals surface area contributed by atoms with Crippen molar-refractivity contribution < 1.29 is 19.1 Å². The van der Waals surface area contributed by atoms with Gasteiger partial charge in [-0.2, -0.15) is 11.8 Å². The molecule has 0 aromatic heterocycles. The van der Waals surface area contributed by atoms with E-state index in [1.54, 1.807) is 11.8 Å². The molecule has 1 aromatic rings. The van der Waals surface area contributed by atoms with Gasteiger partial charge in [0.2, 0.25) is 11.8 Å². The molecule has 1 aromatic carbocycles. The number of carbonyl (C=O) groups excluding carboxylic acids is 3. The molecular weight excluding hydrogens is 460 g/mol. The Balaban J connectivity index is 1.62. The Labute approximate surface area is 204 Å². The summed E-state index contributed by atoms with van der Waals surface area (Å²) in [7, 11) is 0. The van der Waals surface area contributed by atoms with Crippen LogP contribution in [0.5, 0.6) is 0 Å². The summed E-state index contributed by atoms with van der Waals surface area (Å²) in [6.07, 6.45) is 4.86. The number of ether oxygens (including phenoxy) is 1. The number of halogens is 1. The van der Waals surface area contributed by atoms with E-state index in [4.69, 9.17) is 16.3 Å². The van der Waals surface area contributed by atoms with Crippen molar-refractivity contribution >= 4 is 41.1 Å². The van der Waals surface area contributed by atoms with Gasteiger partial charge >= 0.3 is 5.97 Å². The highest BCUT2D eigenvalue weighted by molar-refractivity contribution is 7.99. The Morgan fingerprint density at radius 3 is 2.64 bits per heavy atom. The number of allylic oxidation sites excluding steroid dienone is 1. The maximum absolute atomic E-state index is 13.8. The number of amides is 2. The minimum atomic E-state index is -1.06. The molecule has 6 nitrogen and oxygen atoms in total. The molecule has 2 aliphatic heterocycles. The Morgan fingerprint density at radius 2 is 1.94 bits per heavy atom. The molecule has 1 aliphatic carbocycles. The second-order valence-corrected chi connectivity index (χ2v) is 10.5. The highest BCUT2D eigenvalue weighted by atomic mass is 35.5. The number of thioether (sulfide) groups is 1. The largest absolute Gasteiger partial charge is 0.465 e. The summed E-state index contributed by atoms with van der Waals surface area (Å²) in [5, 5.41) is 0.669. The lowest BCUT2D eigenvalue weighted by Crippen LogP contribution is -2.45. The average Bonchev–Trinajstić information content (AvgIpc) is 3.08. The van der Waals surface area contributed by atoms with Crippen LogP contribution < -0.4 is 0 Å². The van der Waals surface area contributed by atoms with Crippen LogP contribution in [0.15, 0.2) is 36.0 Å². The molecule has 0 N–H and O–H groups in total. The van der Waals surface area contributed by atoms with Crippen LogP contribution in [-0.4, -0.2) is 65.3 Å². The van der Waals surface area contributed by atoms with Gasteiger partial charge in [0.1, 0.15) is 5.41 Å². The molecular formula is C25H31ClN2O4S. The van der Waals surface area contributed by atoms with Gasteiger partial charge in [-0.3, -0.25) is 14.4 Å². The summed E-state index contributed by atoms with van der Waals surface area (Å²) in [4.78, 5) is 43.9. The van der Waals surface area contributed by atoms with Crippen molar-refractivity contribution in [3.05, 3.63) is 46.6 Å². The van der Waals surface area contributed by atoms with E-state index in [1.807, 2.05) is 47.0 Å². The fourth-order valence-corrected chi connectivity index (χ4v) is 6.29. The summed E-state index contributed by atoms with van der Waals surface area (Å²) in [6, 6.07) is 7.58. The minimum Gasteiger partial charge on any atom is -0.465 e. The second kappa shape index (κ2) is 10.5. The smallest absolute Gasteiger partial charge is 0.318 e. The molecule has 0 unspecified atom stereocenters. The number of benzene rings is 1. The summed E-state index contributed by atoms with van der Waals surface area (Å²) in [5.41, 5.74) is 0.736. The lowest BCUT2D eigenvalue weighted by molar-refractivity contribution is -0.158. The van der Waals surface area contributed by atoms with Crippen LogP contribution in [0.2, 0.25) is 5.02 Å². The van der Waals surface area contributed by atoms with Gasteiger partial charge in [0.05, 0.1) is 12.5 Å². The SMILES string of the molecule is CCOC(=O)[C@@]12CCCC=C1N(CCc1ccc(Cl)cc1)C(=O)[C@H]2CC(=O)N1CCSCC1. The van der Waals surface area contributed by atoms with Gasteiger partial charge in [-0.1, -0.05) is 29.8 Å². The topological polar surface area (TPSA) is 66.9 Å². The van der Waals surface area contributed by atoms with Crippen molar-refractivity contribution in [1.29, 1.82) is 0 Å². The van der Waals surface area contributed by atoms with Gasteiger partial charge in [0.25, 0.3) is 0 Å². The van der Waals surface area contributed by atoms with Gasteiger partial charge in [-0.15, -0.1) is 0 Å². The summed E-state index contributed by atoms with van der Waals surface area (Å²) >= 11 is 7.84. The van der Waals surface area contributed by atoms with E-state index in [2.05, 4.69) is 0 Å². The molecule has 8 heteroatoms. The van der Waals surface area contributed by atoms with Crippen LogP contribution in [0.3, 0.4) is 0 Å². The average molecular weight is 491 g/mol. The fourth-order valence-electron chi connectivity index (χ4n) is 5.26. The Kier molecular flexibility index (Phi) is 7.69. The molecule has 2 fully saturated rings. The van der Waals surface area contributed by atoms with Gasteiger partial charge in [-0.25, -0.2) is 0 Å². The first-order valence-electron chi connectivity index (χ1n) is 11.8. The maximum atomic E-state index is 13.8. The molecule has 2 heterocycles. The minimum absolute atomic E-state index is 0.0400. The van der Waals surface area contributed by atoms with Crippen molar-refractivity contribution in [2.45, 2.75) is 39.0 Å². The first-order valence-corrected chi connectivity index (χ1v) is 13.3. The summed E-state index contributed by atoms with van der Waals surface area (Å²) < 4.78 is 5.51. The van der Waals surface area contributed by atoms with Crippen LogP contribution in [0, 0.1) is 11.3 Å². The van der Waals surface area contributed by atoms with Crippen molar-refractivity contribution in [3.8, 4) is 0 Å². The number of carbonyl (C=O) groups is 3. The number of nitrogens with zero attached hydrogens (tertiary/aromatic N) is 2. The summed E-state index contributed by atoms with van der Waals surface area (Å²) in [6.45, 7) is 3.87. The molecule has 178 valence electrons. The molecule has 33 heavy (non-hydrogen) atoms. The number of hydrogen-bond donors (Lipinski definition) is 0. The zero-order valence-electron chi connectivity index (χ0n) is 19.1. The molecule has 0 spiro atoms. The Bertz CT molecular complexity index is 929. The van der Waals surface area contributed by atoms with Gasteiger partial charge in [0.15, 0.2) is 0 Å². The second-order valence-electron chi connectivity index (χ2n) is 8.79. The zero-order chi connectivity index (χ0) is 23.4. The van der Waals surface area contributed by atoms with Crippen molar-refractivity contribution in [2.24, 2.45) is 11.3 Å². The predicted molar refractivity (Wildman–Crippen MR) is 130 cm³/mol. The first-order chi connectivity index (χ1) is 16.0. The summed E-state index contributed by atoms with van der Waals surface area (Å²) in [5.74, 6) is 0.560. The van der Waals surface area contributed by atoms with Gasteiger partial charge in [-0.05, 0) is 50.3 Å². The molecule has 4 rings (SSSR count). The highest BCUT2D eigenvalue weighted by Gasteiger charge is 2.62. The van der Waals surface area contributed by atoms with E-state index >= 15 is 0 Å². The number of likely N-dealkylation sites (tertiary alicyclic amines) is 1. The van der Waals surface area contributed by atoms with E-state index in [9.17, 15) is 14.4 Å². The number of fused-ring (bicyclic) bond motifs is 1. The monoisotopic (exact) mass is 490 g/mol. The van der Waals surface area contributed by atoms with Crippen LogP contribution >= 0.6 is 23.4 Å². The molecule has 2 saturated heterocycles. The highest BCUT2D eigenvalue weighted by Crippen LogP contribution is 2.53. The van der Waals surface area contributed by atoms with E-state index in [0.29, 0.717) is 37.5 Å². The third-order valence-corrected chi connectivity index (χ3v) is 8.13. The van der Waals surface area contributed by atoms with Crippen LogP contribution in [0.25, 0.3) is 0 Å². The third-order valence-electron chi connectivity index (χ3n) is 6.94. The molecule has 0 radical (unpaired) electrons. The quantitative estimate of drug-likeness (QED) is 0.542. The van der Waals surface area contributed by atoms with Crippen LogP contribution in [0.1, 0.15) is 38.2 Å². The third kappa shape index (κ3) is 4.80. The molecule has 2 atom stereocenters. The lowest BCUT2D eigenvalue weighted by Gasteiger charge is -2.36. The Morgan fingerprint density at radius 1 is 1.21 bits per heavy atom. The maximum Gasteiger partial charge on any atom is 0.318 e. The molecule has 3 aliphatic rings. The molecule has 0 saturated carbocycles. The van der Waals surface area contributed by atoms with Crippen molar-refractivity contribution in [1.82, 2.24) is 9.80 Å². The zero-order valence-corrected chi connectivity index (χ0v) is 20.6. The molecule has 0 bridgehead atoms. The predicted octanol–water partition coefficient (Wildman–Crippen LogP) is 3.92. The van der Waals surface area contributed by atoms with Crippen molar-refractivity contribution in [2.75, 3.05) is 37.7 Å². The van der Waals surface area contributed by atoms with Gasteiger partial charge in [0, 0.05) is 48.3 Å². The van der Waals surface area contributed by atoms with E-state index in [-0.39, 0.29) is 30.8 Å². The van der Waals surface area contributed by atoms with Crippen molar-refractivity contribution in [3.63, 3.8) is 0 Å². The van der Waals surface area contributed by atoms with Crippen LogP contribution in [-0.2, 0) is 25.5 Å². The molecule has 2 amide bonds. The van der Waals surface area contributed by atoms with E-state index in [0.717, 1.165) is 35.6 Å². The lowest BCUT2D eigenvalue weighted by atomic mass is 9.68. The normalized spacial score (nSPS) is 25.0. The standard InChI is InChI=1S/C25H31ClN2O4S/c1-2-32-24(31)25-11-4-3-5-21(25)28(12-10-18-6-8-19(26)9-7-18)23(30)20(25)17-22(29)27-13-15-33-16-14-27/h5-9,20H,2-4,10-17H2,1H3/t20-,25-/m1/s1. The van der Waals surface area contributed by atoms with E-state index < -0.39 is 11.3 Å². The van der Waals surface area contributed by atoms with Crippen LogP contribution in [0.4, 0.5) is 0 Å². The first kappa shape index (κ1) is 24.1. The number of esters is 1. The Hall–Kier alpha value is -1.99.